The lowest BCUT2D eigenvalue weighted by Crippen LogP contribution is -2.45. The summed E-state index contributed by atoms with van der Waals surface area (Å²) in [6.45, 7) is 2.63. The van der Waals surface area contributed by atoms with Crippen LogP contribution in [0.3, 0.4) is 0 Å². The lowest BCUT2D eigenvalue weighted by atomic mass is 9.98. The first-order valence-corrected chi connectivity index (χ1v) is 12.5. The van der Waals surface area contributed by atoms with Gasteiger partial charge in [-0.25, -0.2) is 8.42 Å². The Kier molecular flexibility index (Phi) is 6.83. The number of hydrogen-bond donors (Lipinski definition) is 0. The summed E-state index contributed by atoms with van der Waals surface area (Å²) < 4.78 is 32.8. The molecule has 0 spiro atoms. The van der Waals surface area contributed by atoms with Crippen LogP contribution in [0.4, 0.5) is 0 Å². The van der Waals surface area contributed by atoms with Gasteiger partial charge in [0.25, 0.3) is 0 Å². The van der Waals surface area contributed by atoms with E-state index in [-0.39, 0.29) is 23.9 Å². The van der Waals surface area contributed by atoms with Crippen molar-refractivity contribution in [3.05, 3.63) is 65.0 Å². The van der Waals surface area contributed by atoms with Crippen LogP contribution in [0, 0.1) is 12.8 Å². The number of aromatic nitrogens is 2. The second kappa shape index (κ2) is 9.62. The van der Waals surface area contributed by atoms with Gasteiger partial charge in [0.15, 0.2) is 0 Å². The molecule has 0 aliphatic carbocycles. The first kappa shape index (κ1) is 23.4. The van der Waals surface area contributed by atoms with Crippen molar-refractivity contribution in [3.63, 3.8) is 0 Å². The molecule has 3 aromatic rings. The highest BCUT2D eigenvalue weighted by Gasteiger charge is 2.34. The first-order valence-electron chi connectivity index (χ1n) is 10.6. The predicted octanol–water partition coefficient (Wildman–Crippen LogP) is 3.76. The number of sulfonamides is 1. The number of nitrogens with zero attached hydrogens (tertiary/aromatic N) is 4. The number of amides is 1. The van der Waals surface area contributed by atoms with Crippen molar-refractivity contribution in [2.24, 2.45) is 5.92 Å². The SMILES string of the molecule is Cc1ccccc1-c1noc(CN(C)C(=O)C2CCCN(S(=O)(=O)c3ccc(Cl)cc3)C2)n1. The number of halogens is 1. The van der Waals surface area contributed by atoms with Gasteiger partial charge in [-0.05, 0) is 49.6 Å². The van der Waals surface area contributed by atoms with Gasteiger partial charge in [-0.2, -0.15) is 9.29 Å². The molecule has 2 aromatic carbocycles. The number of piperidine rings is 1. The highest BCUT2D eigenvalue weighted by Crippen LogP contribution is 2.26. The molecule has 8 nitrogen and oxygen atoms in total. The Balaban J connectivity index is 1.42. The lowest BCUT2D eigenvalue weighted by molar-refractivity contribution is -0.136. The maximum Gasteiger partial charge on any atom is 0.246 e. The van der Waals surface area contributed by atoms with Gasteiger partial charge in [0.05, 0.1) is 17.4 Å². The van der Waals surface area contributed by atoms with E-state index < -0.39 is 15.9 Å². The number of aryl methyl sites for hydroxylation is 1. The van der Waals surface area contributed by atoms with E-state index in [1.54, 1.807) is 19.2 Å². The van der Waals surface area contributed by atoms with E-state index in [0.29, 0.717) is 36.1 Å². The first-order chi connectivity index (χ1) is 15.8. The van der Waals surface area contributed by atoms with Gasteiger partial charge in [-0.1, -0.05) is 41.0 Å². The summed E-state index contributed by atoms with van der Waals surface area (Å²) in [6.07, 6.45) is 1.23. The second-order valence-electron chi connectivity index (χ2n) is 8.18. The van der Waals surface area contributed by atoms with E-state index in [0.717, 1.165) is 11.1 Å². The summed E-state index contributed by atoms with van der Waals surface area (Å²) in [4.78, 5) is 19.2. The third-order valence-electron chi connectivity index (χ3n) is 5.79. The van der Waals surface area contributed by atoms with Crippen LogP contribution in [0.15, 0.2) is 57.9 Å². The predicted molar refractivity (Wildman–Crippen MR) is 124 cm³/mol. The lowest BCUT2D eigenvalue weighted by Gasteiger charge is -2.33. The molecule has 1 saturated heterocycles. The molecule has 2 heterocycles. The zero-order valence-corrected chi connectivity index (χ0v) is 20.0. The van der Waals surface area contributed by atoms with Gasteiger partial charge in [-0.15, -0.1) is 0 Å². The van der Waals surface area contributed by atoms with E-state index in [2.05, 4.69) is 10.1 Å². The smallest absolute Gasteiger partial charge is 0.246 e. The quantitative estimate of drug-likeness (QED) is 0.524. The molecule has 174 valence electrons. The molecule has 1 unspecified atom stereocenters. The van der Waals surface area contributed by atoms with E-state index in [4.69, 9.17) is 16.1 Å². The Hall–Kier alpha value is -2.75. The zero-order valence-electron chi connectivity index (χ0n) is 18.4. The maximum absolute atomic E-state index is 13.1. The Bertz CT molecular complexity index is 1240. The molecule has 0 saturated carbocycles. The third-order valence-corrected chi connectivity index (χ3v) is 7.92. The van der Waals surface area contributed by atoms with Crippen molar-refractivity contribution in [3.8, 4) is 11.4 Å². The molecule has 33 heavy (non-hydrogen) atoms. The van der Waals surface area contributed by atoms with E-state index in [9.17, 15) is 13.2 Å². The molecular formula is C23H25ClN4O4S. The van der Waals surface area contributed by atoms with Gasteiger partial charge >= 0.3 is 0 Å². The van der Waals surface area contributed by atoms with Crippen molar-refractivity contribution in [1.82, 2.24) is 19.3 Å². The standard InChI is InChI=1S/C23H25ClN4O4S/c1-16-6-3-4-8-20(16)22-25-21(32-26-22)15-27(2)23(29)17-7-5-13-28(14-17)33(30,31)19-11-9-18(24)10-12-19/h3-4,6,8-12,17H,5,7,13-15H2,1-2H3. The Morgan fingerprint density at radius 2 is 1.94 bits per heavy atom. The number of rotatable bonds is 6. The normalized spacial score (nSPS) is 17.1. The van der Waals surface area contributed by atoms with Gasteiger partial charge in [-0.3, -0.25) is 4.79 Å². The molecule has 10 heteroatoms. The molecule has 1 aliphatic heterocycles. The number of carbonyl (C=O) groups excluding carboxylic acids is 1. The molecule has 0 radical (unpaired) electrons. The molecule has 1 aromatic heterocycles. The summed E-state index contributed by atoms with van der Waals surface area (Å²) in [5, 5.41) is 4.50. The summed E-state index contributed by atoms with van der Waals surface area (Å²) in [7, 11) is -2.04. The average Bonchev–Trinajstić information content (AvgIpc) is 3.27. The van der Waals surface area contributed by atoms with Crippen LogP contribution in [-0.4, -0.2) is 53.8 Å². The minimum Gasteiger partial charge on any atom is -0.337 e. The topological polar surface area (TPSA) is 96.6 Å². The highest BCUT2D eigenvalue weighted by molar-refractivity contribution is 7.89. The maximum atomic E-state index is 13.1. The monoisotopic (exact) mass is 488 g/mol. The molecule has 0 N–H and O–H groups in total. The van der Waals surface area contributed by atoms with E-state index >= 15 is 0 Å². The highest BCUT2D eigenvalue weighted by atomic mass is 35.5. The van der Waals surface area contributed by atoms with E-state index in [1.807, 2.05) is 31.2 Å². The minimum atomic E-state index is -3.70. The second-order valence-corrected chi connectivity index (χ2v) is 10.6. The Labute approximate surface area is 198 Å². The summed E-state index contributed by atoms with van der Waals surface area (Å²) in [5.41, 5.74) is 1.90. The van der Waals surface area contributed by atoms with Gasteiger partial charge in [0.2, 0.25) is 27.6 Å². The van der Waals surface area contributed by atoms with Gasteiger partial charge in [0.1, 0.15) is 0 Å². The van der Waals surface area contributed by atoms with Crippen LogP contribution >= 0.6 is 11.6 Å². The van der Waals surface area contributed by atoms with Crippen LogP contribution in [0.5, 0.6) is 0 Å². The van der Waals surface area contributed by atoms with Crippen molar-refractivity contribution in [2.45, 2.75) is 31.2 Å². The fourth-order valence-corrected chi connectivity index (χ4v) is 5.61. The Morgan fingerprint density at radius 1 is 1.21 bits per heavy atom. The van der Waals surface area contributed by atoms with Gasteiger partial charge < -0.3 is 9.42 Å². The summed E-state index contributed by atoms with van der Waals surface area (Å²) in [5.74, 6) is 0.207. The molecule has 1 aliphatic rings. The average molecular weight is 489 g/mol. The molecule has 1 atom stereocenters. The van der Waals surface area contributed by atoms with Gasteiger partial charge in [0, 0.05) is 30.7 Å². The van der Waals surface area contributed by atoms with Crippen LogP contribution in [-0.2, 0) is 21.4 Å². The third kappa shape index (κ3) is 5.10. The van der Waals surface area contributed by atoms with E-state index in [1.165, 1.54) is 21.3 Å². The molecule has 1 fully saturated rings. The zero-order chi connectivity index (χ0) is 23.6. The molecule has 4 rings (SSSR count). The van der Waals surface area contributed by atoms with Crippen LogP contribution < -0.4 is 0 Å². The molecule has 1 amide bonds. The van der Waals surface area contributed by atoms with Crippen LogP contribution in [0.25, 0.3) is 11.4 Å². The molecular weight excluding hydrogens is 464 g/mol. The summed E-state index contributed by atoms with van der Waals surface area (Å²) in [6, 6.07) is 13.8. The van der Waals surface area contributed by atoms with Crippen LogP contribution in [0.1, 0.15) is 24.3 Å². The van der Waals surface area contributed by atoms with Crippen molar-refractivity contribution in [1.29, 1.82) is 0 Å². The number of carbonyl (C=O) groups is 1. The number of benzene rings is 2. The van der Waals surface area contributed by atoms with Crippen molar-refractivity contribution in [2.75, 3.05) is 20.1 Å². The largest absolute Gasteiger partial charge is 0.337 e. The fourth-order valence-electron chi connectivity index (χ4n) is 3.96. The van der Waals surface area contributed by atoms with Crippen molar-refractivity contribution < 1.29 is 17.7 Å². The fraction of sp³-hybridized carbons (Fsp3) is 0.348. The molecule has 0 bridgehead atoms. The van der Waals surface area contributed by atoms with Crippen molar-refractivity contribution >= 4 is 27.5 Å². The minimum absolute atomic E-state index is 0.131. The number of hydrogen-bond acceptors (Lipinski definition) is 6. The summed E-state index contributed by atoms with van der Waals surface area (Å²) >= 11 is 5.88. The van der Waals surface area contributed by atoms with Crippen LogP contribution in [0.2, 0.25) is 5.02 Å². The Morgan fingerprint density at radius 3 is 2.67 bits per heavy atom.